The van der Waals surface area contributed by atoms with Crippen LogP contribution in [0.4, 0.5) is 0 Å². The number of nitrogens with two attached hydrogens (primary N) is 1. The van der Waals surface area contributed by atoms with Gasteiger partial charge in [0.1, 0.15) is 5.76 Å². The first-order valence-electron chi connectivity index (χ1n) is 10.3. The molecule has 2 aromatic rings. The van der Waals surface area contributed by atoms with E-state index in [2.05, 4.69) is 23.5 Å². The summed E-state index contributed by atoms with van der Waals surface area (Å²) in [5.41, 5.74) is 5.99. The Bertz CT molecular complexity index is 987. The maximum absolute atomic E-state index is 13.1. The van der Waals surface area contributed by atoms with E-state index in [1.807, 2.05) is 18.2 Å². The maximum Gasteiger partial charge on any atom is 0.336 e. The zero-order valence-electron chi connectivity index (χ0n) is 17.0. The molecule has 2 fully saturated rings. The molecule has 2 saturated heterocycles. The van der Waals surface area contributed by atoms with Gasteiger partial charge >= 0.3 is 5.63 Å². The third-order valence-electron chi connectivity index (χ3n) is 6.09. The Morgan fingerprint density at radius 3 is 2.43 bits per heavy atom. The van der Waals surface area contributed by atoms with Crippen LogP contribution in [-0.4, -0.2) is 54.3 Å². The first-order valence-corrected chi connectivity index (χ1v) is 10.3. The van der Waals surface area contributed by atoms with Crippen LogP contribution in [-0.2, 0) is 0 Å². The molecule has 2 amide bonds. The van der Waals surface area contributed by atoms with E-state index in [1.54, 1.807) is 4.90 Å². The van der Waals surface area contributed by atoms with Crippen molar-refractivity contribution in [3.05, 3.63) is 75.7 Å². The van der Waals surface area contributed by atoms with Crippen LogP contribution in [0.2, 0.25) is 0 Å². The summed E-state index contributed by atoms with van der Waals surface area (Å²) >= 11 is 0. The van der Waals surface area contributed by atoms with E-state index >= 15 is 0 Å². The standard InChI is InChI=1S/C23H26N3O4/c1-15-21(19(22(24)28)10-20(27)30-15)23(29)26-13-17-11-25(12-18(17)14-26)9-5-8-16-6-3-2-4-7-16/h2-4,6-8,10,17-18H,5,9,11-14H2,1H3,(H2,24,28)/t17-,18?/m0/s1. The molecule has 1 unspecified atom stereocenters. The van der Waals surface area contributed by atoms with Crippen LogP contribution in [0.25, 0.3) is 0 Å². The van der Waals surface area contributed by atoms with Gasteiger partial charge in [0, 0.05) is 32.2 Å². The predicted octanol–water partition coefficient (Wildman–Crippen LogP) is 1.69. The van der Waals surface area contributed by atoms with Gasteiger partial charge in [-0.15, -0.1) is 0 Å². The van der Waals surface area contributed by atoms with Gasteiger partial charge in [-0.1, -0.05) is 30.3 Å². The quantitative estimate of drug-likeness (QED) is 0.785. The van der Waals surface area contributed by atoms with Gasteiger partial charge in [0.2, 0.25) is 5.91 Å². The molecular weight excluding hydrogens is 382 g/mol. The van der Waals surface area contributed by atoms with E-state index in [1.165, 1.54) is 12.5 Å². The summed E-state index contributed by atoms with van der Waals surface area (Å²) in [6.45, 7) is 5.72. The van der Waals surface area contributed by atoms with Crippen LogP contribution in [0.3, 0.4) is 0 Å². The summed E-state index contributed by atoms with van der Waals surface area (Å²) in [5.74, 6) is -0.119. The number of nitrogens with zero attached hydrogens (tertiary/aromatic N) is 2. The van der Waals surface area contributed by atoms with Crippen LogP contribution in [0.5, 0.6) is 0 Å². The number of benzene rings is 1. The van der Waals surface area contributed by atoms with Crippen LogP contribution < -0.4 is 11.4 Å². The minimum absolute atomic E-state index is 0.0658. The van der Waals surface area contributed by atoms with Crippen molar-refractivity contribution in [1.29, 1.82) is 0 Å². The van der Waals surface area contributed by atoms with Gasteiger partial charge in [0.25, 0.3) is 5.91 Å². The fourth-order valence-electron chi connectivity index (χ4n) is 4.67. The van der Waals surface area contributed by atoms with Crippen molar-refractivity contribution < 1.29 is 14.0 Å². The lowest BCUT2D eigenvalue weighted by Crippen LogP contribution is -2.35. The van der Waals surface area contributed by atoms with Crippen LogP contribution in [0.15, 0.2) is 45.6 Å². The molecule has 0 saturated carbocycles. The van der Waals surface area contributed by atoms with E-state index in [4.69, 9.17) is 10.2 Å². The van der Waals surface area contributed by atoms with Crippen LogP contribution in [0.1, 0.15) is 38.5 Å². The van der Waals surface area contributed by atoms with Crippen molar-refractivity contribution in [2.75, 3.05) is 32.7 Å². The molecular formula is C23H26N3O4. The summed E-state index contributed by atoms with van der Waals surface area (Å²) in [6.07, 6.45) is 3.25. The number of hydrogen-bond donors (Lipinski definition) is 1. The minimum atomic E-state index is -0.797. The molecule has 1 aromatic heterocycles. The molecule has 1 aromatic carbocycles. The second kappa shape index (κ2) is 8.44. The fourth-order valence-corrected chi connectivity index (χ4v) is 4.67. The molecule has 2 aliphatic rings. The van der Waals surface area contributed by atoms with Crippen molar-refractivity contribution in [2.24, 2.45) is 17.6 Å². The van der Waals surface area contributed by atoms with Gasteiger partial charge in [-0.2, -0.15) is 0 Å². The number of aryl methyl sites for hydroxylation is 1. The minimum Gasteiger partial charge on any atom is -0.427 e. The monoisotopic (exact) mass is 408 g/mol. The van der Waals surface area contributed by atoms with Gasteiger partial charge in [-0.25, -0.2) is 4.79 Å². The molecule has 0 aliphatic carbocycles. The highest BCUT2D eigenvalue weighted by Gasteiger charge is 2.42. The molecule has 1 radical (unpaired) electrons. The molecule has 157 valence electrons. The second-order valence-electron chi connectivity index (χ2n) is 8.17. The van der Waals surface area contributed by atoms with Crippen molar-refractivity contribution in [3.63, 3.8) is 0 Å². The van der Waals surface area contributed by atoms with Gasteiger partial charge in [-0.3, -0.25) is 9.59 Å². The molecule has 0 bridgehead atoms. The Balaban J connectivity index is 1.35. The number of rotatable bonds is 6. The van der Waals surface area contributed by atoms with Crippen LogP contribution >= 0.6 is 0 Å². The second-order valence-corrected chi connectivity index (χ2v) is 8.17. The number of amides is 2. The predicted molar refractivity (Wildman–Crippen MR) is 112 cm³/mol. The van der Waals surface area contributed by atoms with E-state index in [-0.39, 0.29) is 22.8 Å². The number of hydrogen-bond acceptors (Lipinski definition) is 5. The summed E-state index contributed by atoms with van der Waals surface area (Å²) in [4.78, 5) is 40.6. The third kappa shape index (κ3) is 4.16. The molecule has 7 heteroatoms. The van der Waals surface area contributed by atoms with E-state index in [9.17, 15) is 14.4 Å². The number of carbonyl (C=O) groups is 2. The fraction of sp³-hybridized carbons (Fsp3) is 0.391. The zero-order valence-corrected chi connectivity index (χ0v) is 17.0. The lowest BCUT2D eigenvalue weighted by Gasteiger charge is -2.22. The highest BCUT2D eigenvalue weighted by molar-refractivity contribution is 6.07. The summed E-state index contributed by atoms with van der Waals surface area (Å²) in [7, 11) is 0. The average molecular weight is 408 g/mol. The lowest BCUT2D eigenvalue weighted by atomic mass is 10.0. The normalized spacial score (nSPS) is 21.0. The van der Waals surface area contributed by atoms with Gasteiger partial charge in [-0.05, 0) is 43.7 Å². The number of fused-ring (bicyclic) bond motifs is 1. The molecule has 2 atom stereocenters. The zero-order chi connectivity index (χ0) is 21.3. The summed E-state index contributed by atoms with van der Waals surface area (Å²) < 4.78 is 5.05. The van der Waals surface area contributed by atoms with E-state index in [0.717, 1.165) is 32.1 Å². The van der Waals surface area contributed by atoms with E-state index in [0.29, 0.717) is 24.9 Å². The molecule has 0 spiro atoms. The Hall–Kier alpha value is -2.93. The SMILES string of the molecule is Cc1oc(=O)cc(C(N)=O)c1C(=O)N1CC2CN(CC[CH]c3ccccc3)C[C@H]2C1. The Kier molecular flexibility index (Phi) is 5.72. The van der Waals surface area contributed by atoms with Gasteiger partial charge < -0.3 is 20.0 Å². The molecule has 2 aliphatic heterocycles. The largest absolute Gasteiger partial charge is 0.427 e. The molecule has 3 heterocycles. The highest BCUT2D eigenvalue weighted by Crippen LogP contribution is 2.32. The summed E-state index contributed by atoms with van der Waals surface area (Å²) in [5, 5.41) is 0. The van der Waals surface area contributed by atoms with Crippen molar-refractivity contribution in [3.8, 4) is 0 Å². The maximum atomic E-state index is 13.1. The first kappa shape index (κ1) is 20.3. The van der Waals surface area contributed by atoms with Crippen molar-refractivity contribution >= 4 is 11.8 Å². The summed E-state index contributed by atoms with van der Waals surface area (Å²) in [6, 6.07) is 11.3. The molecule has 4 rings (SSSR count). The van der Waals surface area contributed by atoms with Gasteiger partial charge in [0.15, 0.2) is 0 Å². The lowest BCUT2D eigenvalue weighted by molar-refractivity contribution is 0.0764. The Morgan fingerprint density at radius 1 is 1.13 bits per heavy atom. The van der Waals surface area contributed by atoms with Gasteiger partial charge in [0.05, 0.1) is 11.1 Å². The van der Waals surface area contributed by atoms with Crippen molar-refractivity contribution in [2.45, 2.75) is 13.3 Å². The average Bonchev–Trinajstić information content (AvgIpc) is 3.26. The number of primary amides is 1. The van der Waals surface area contributed by atoms with Crippen LogP contribution in [0, 0.1) is 25.2 Å². The molecule has 7 nitrogen and oxygen atoms in total. The highest BCUT2D eigenvalue weighted by atomic mass is 16.4. The Morgan fingerprint density at radius 2 is 1.80 bits per heavy atom. The number of likely N-dealkylation sites (tertiary alicyclic amines) is 2. The third-order valence-corrected chi connectivity index (χ3v) is 6.09. The smallest absolute Gasteiger partial charge is 0.336 e. The number of carbonyl (C=O) groups excluding carboxylic acids is 2. The first-order chi connectivity index (χ1) is 14.4. The Labute approximate surface area is 175 Å². The van der Waals surface area contributed by atoms with Crippen molar-refractivity contribution in [1.82, 2.24) is 9.80 Å². The van der Waals surface area contributed by atoms with E-state index < -0.39 is 11.5 Å². The molecule has 2 N–H and O–H groups in total. The topological polar surface area (TPSA) is 96.8 Å². The molecule has 30 heavy (non-hydrogen) atoms.